The highest BCUT2D eigenvalue weighted by Crippen LogP contribution is 2.42. The molecule has 24 heavy (non-hydrogen) atoms. The van der Waals surface area contributed by atoms with Crippen LogP contribution in [0.4, 0.5) is 9.18 Å². The standard InChI is InChI=1S/C16H16BrFN2O4/c1-16(10-3-4-10)14(22)20(15(23)19-16)7-13(21)24-8-9-2-5-11(18)6-12(9)17/h2,5-6,10H,3-4,7-8H2,1H3,(H,19,23)/t16-/m0/s1. The van der Waals surface area contributed by atoms with Gasteiger partial charge in [0.1, 0.15) is 24.5 Å². The third-order valence-electron chi connectivity index (χ3n) is 4.39. The molecule has 0 aromatic heterocycles. The van der Waals surface area contributed by atoms with Crippen LogP contribution in [0.3, 0.4) is 0 Å². The maximum atomic E-state index is 13.0. The second-order valence-corrected chi connectivity index (χ2v) is 7.05. The number of halogens is 2. The van der Waals surface area contributed by atoms with E-state index in [2.05, 4.69) is 21.2 Å². The van der Waals surface area contributed by atoms with Gasteiger partial charge in [-0.05, 0) is 37.8 Å². The van der Waals surface area contributed by atoms with Gasteiger partial charge in [-0.1, -0.05) is 22.0 Å². The number of rotatable bonds is 5. The highest BCUT2D eigenvalue weighted by Gasteiger charge is 2.56. The van der Waals surface area contributed by atoms with E-state index in [0.29, 0.717) is 10.0 Å². The molecule has 8 heteroatoms. The fourth-order valence-corrected chi connectivity index (χ4v) is 3.23. The van der Waals surface area contributed by atoms with Crippen LogP contribution in [0.2, 0.25) is 0 Å². The van der Waals surface area contributed by atoms with Crippen molar-refractivity contribution in [3.63, 3.8) is 0 Å². The van der Waals surface area contributed by atoms with Crippen molar-refractivity contribution in [1.82, 2.24) is 10.2 Å². The molecule has 1 atom stereocenters. The van der Waals surface area contributed by atoms with Crippen LogP contribution in [0.1, 0.15) is 25.3 Å². The van der Waals surface area contributed by atoms with Crippen LogP contribution in [0.15, 0.2) is 22.7 Å². The number of ether oxygens (including phenoxy) is 1. The van der Waals surface area contributed by atoms with Crippen LogP contribution < -0.4 is 5.32 Å². The summed E-state index contributed by atoms with van der Waals surface area (Å²) in [6, 6.07) is 3.44. The van der Waals surface area contributed by atoms with Crippen LogP contribution in [0.25, 0.3) is 0 Å². The summed E-state index contributed by atoms with van der Waals surface area (Å²) < 4.78 is 18.6. The number of amides is 3. The molecular weight excluding hydrogens is 383 g/mol. The lowest BCUT2D eigenvalue weighted by atomic mass is 9.96. The first-order valence-electron chi connectivity index (χ1n) is 7.55. The van der Waals surface area contributed by atoms with E-state index in [-0.39, 0.29) is 12.5 Å². The van der Waals surface area contributed by atoms with Crippen molar-refractivity contribution in [2.45, 2.75) is 31.9 Å². The SMILES string of the molecule is C[C@@]1(C2CC2)NC(=O)N(CC(=O)OCc2ccc(F)cc2Br)C1=O. The van der Waals surface area contributed by atoms with Crippen LogP contribution in [-0.4, -0.2) is 34.9 Å². The van der Waals surface area contributed by atoms with Gasteiger partial charge in [-0.2, -0.15) is 0 Å². The molecule has 1 N–H and O–H groups in total. The number of carbonyl (C=O) groups is 3. The molecule has 3 rings (SSSR count). The molecule has 3 amide bonds. The van der Waals surface area contributed by atoms with E-state index >= 15 is 0 Å². The van der Waals surface area contributed by atoms with Crippen molar-refractivity contribution in [1.29, 1.82) is 0 Å². The first kappa shape index (κ1) is 16.9. The maximum absolute atomic E-state index is 13.0. The van der Waals surface area contributed by atoms with Crippen molar-refractivity contribution in [3.05, 3.63) is 34.1 Å². The monoisotopic (exact) mass is 398 g/mol. The Hall–Kier alpha value is -1.96. The molecule has 2 fully saturated rings. The highest BCUT2D eigenvalue weighted by atomic mass is 79.9. The van der Waals surface area contributed by atoms with E-state index in [0.717, 1.165) is 17.7 Å². The lowest BCUT2D eigenvalue weighted by molar-refractivity contribution is -0.148. The van der Waals surface area contributed by atoms with E-state index < -0.39 is 35.8 Å². The number of imide groups is 1. The topological polar surface area (TPSA) is 75.7 Å². The number of nitrogens with one attached hydrogen (secondary N) is 1. The van der Waals surface area contributed by atoms with E-state index in [1.807, 2.05) is 0 Å². The van der Waals surface area contributed by atoms with E-state index in [4.69, 9.17) is 4.74 Å². The summed E-state index contributed by atoms with van der Waals surface area (Å²) in [5, 5.41) is 2.67. The fourth-order valence-electron chi connectivity index (χ4n) is 2.77. The van der Waals surface area contributed by atoms with Crippen molar-refractivity contribution in [2.75, 3.05) is 6.54 Å². The van der Waals surface area contributed by atoms with E-state index in [1.54, 1.807) is 6.92 Å². The smallest absolute Gasteiger partial charge is 0.326 e. The summed E-state index contributed by atoms with van der Waals surface area (Å²) in [6.07, 6.45) is 1.78. The van der Waals surface area contributed by atoms with Crippen molar-refractivity contribution in [2.24, 2.45) is 5.92 Å². The van der Waals surface area contributed by atoms with Gasteiger partial charge < -0.3 is 10.1 Å². The average Bonchev–Trinajstić information content (AvgIpc) is 3.33. The summed E-state index contributed by atoms with van der Waals surface area (Å²) in [5.74, 6) is -1.37. The molecule has 0 bridgehead atoms. The lowest BCUT2D eigenvalue weighted by Crippen LogP contribution is -2.46. The summed E-state index contributed by atoms with van der Waals surface area (Å²) in [6.45, 7) is 1.17. The first-order valence-corrected chi connectivity index (χ1v) is 8.34. The average molecular weight is 399 g/mol. The number of benzene rings is 1. The number of hydrogen-bond acceptors (Lipinski definition) is 4. The molecule has 1 aliphatic heterocycles. The molecular formula is C16H16BrFN2O4. The molecule has 6 nitrogen and oxygen atoms in total. The zero-order chi connectivity index (χ0) is 17.5. The van der Waals surface area contributed by atoms with Gasteiger partial charge in [0.15, 0.2) is 0 Å². The number of carbonyl (C=O) groups excluding carboxylic acids is 3. The second kappa shape index (κ2) is 6.16. The van der Waals surface area contributed by atoms with Gasteiger partial charge in [-0.25, -0.2) is 9.18 Å². The van der Waals surface area contributed by atoms with Crippen LogP contribution in [0, 0.1) is 11.7 Å². The van der Waals surface area contributed by atoms with Gasteiger partial charge in [0, 0.05) is 10.0 Å². The molecule has 1 aromatic carbocycles. The van der Waals surface area contributed by atoms with Crippen LogP contribution in [-0.2, 0) is 20.9 Å². The summed E-state index contributed by atoms with van der Waals surface area (Å²) in [4.78, 5) is 37.2. The molecule has 0 unspecified atom stereocenters. The molecule has 1 aliphatic carbocycles. The molecule has 1 aromatic rings. The normalized spacial score (nSPS) is 23.4. The molecule has 1 saturated carbocycles. The maximum Gasteiger partial charge on any atom is 0.326 e. The van der Waals surface area contributed by atoms with Gasteiger partial charge in [0.05, 0.1) is 0 Å². The largest absolute Gasteiger partial charge is 0.459 e. The Morgan fingerprint density at radius 3 is 2.79 bits per heavy atom. The zero-order valence-corrected chi connectivity index (χ0v) is 14.6. The predicted molar refractivity (Wildman–Crippen MR) is 85.3 cm³/mol. The van der Waals surface area contributed by atoms with E-state index in [1.165, 1.54) is 18.2 Å². The van der Waals surface area contributed by atoms with Gasteiger partial charge in [0.2, 0.25) is 0 Å². The highest BCUT2D eigenvalue weighted by molar-refractivity contribution is 9.10. The molecule has 0 spiro atoms. The minimum atomic E-state index is -0.919. The number of nitrogens with zero attached hydrogens (tertiary/aromatic N) is 1. The molecule has 1 heterocycles. The Morgan fingerprint density at radius 1 is 1.46 bits per heavy atom. The zero-order valence-electron chi connectivity index (χ0n) is 13.0. The minimum Gasteiger partial charge on any atom is -0.459 e. The van der Waals surface area contributed by atoms with Gasteiger partial charge in [0.25, 0.3) is 5.91 Å². The Balaban J connectivity index is 1.58. The lowest BCUT2D eigenvalue weighted by Gasteiger charge is -2.20. The number of hydrogen-bond donors (Lipinski definition) is 1. The second-order valence-electron chi connectivity index (χ2n) is 6.19. The van der Waals surface area contributed by atoms with Gasteiger partial charge >= 0.3 is 12.0 Å². The fraction of sp³-hybridized carbons (Fsp3) is 0.438. The van der Waals surface area contributed by atoms with Crippen molar-refractivity contribution >= 4 is 33.8 Å². The summed E-state index contributed by atoms with van der Waals surface area (Å²) in [5.41, 5.74) is -0.332. The Labute approximate surface area is 146 Å². The quantitative estimate of drug-likeness (QED) is 0.610. The Kier molecular flexibility index (Phi) is 4.33. The third-order valence-corrected chi connectivity index (χ3v) is 5.12. The van der Waals surface area contributed by atoms with Crippen molar-refractivity contribution in [3.8, 4) is 0 Å². The minimum absolute atomic E-state index is 0.0801. The van der Waals surface area contributed by atoms with Gasteiger partial charge in [-0.3, -0.25) is 14.5 Å². The van der Waals surface area contributed by atoms with Gasteiger partial charge in [-0.15, -0.1) is 0 Å². The molecule has 128 valence electrons. The first-order chi connectivity index (χ1) is 11.3. The van der Waals surface area contributed by atoms with E-state index in [9.17, 15) is 18.8 Å². The van der Waals surface area contributed by atoms with Crippen molar-refractivity contribution < 1.29 is 23.5 Å². The molecule has 0 radical (unpaired) electrons. The summed E-state index contributed by atoms with van der Waals surface area (Å²) in [7, 11) is 0. The Morgan fingerprint density at radius 2 is 2.17 bits per heavy atom. The number of urea groups is 1. The summed E-state index contributed by atoms with van der Waals surface area (Å²) >= 11 is 3.18. The molecule has 1 saturated heterocycles. The third kappa shape index (κ3) is 3.15. The number of esters is 1. The van der Waals surface area contributed by atoms with Crippen LogP contribution >= 0.6 is 15.9 Å². The predicted octanol–water partition coefficient (Wildman–Crippen LogP) is 2.35. The molecule has 2 aliphatic rings. The van der Waals surface area contributed by atoms with Crippen LogP contribution in [0.5, 0.6) is 0 Å². The Bertz CT molecular complexity index is 722.